The fraction of sp³-hybridized carbons (Fsp3) is 0.207. The summed E-state index contributed by atoms with van der Waals surface area (Å²) in [7, 11) is 3.01. The summed E-state index contributed by atoms with van der Waals surface area (Å²) in [6.07, 6.45) is 1.45. The van der Waals surface area contributed by atoms with E-state index in [1.165, 1.54) is 26.1 Å². The van der Waals surface area contributed by atoms with Crippen LogP contribution in [0.1, 0.15) is 29.7 Å². The SMILES string of the molecule is COc1cc(NC(=O)C2=C(C)Nc3ncnn3[C@H]2c2cccc(OCc3ccc(C)cc3)c2)c(OC)cc1Cl. The monoisotopic (exact) mass is 545 g/mol. The van der Waals surface area contributed by atoms with E-state index in [1.54, 1.807) is 16.8 Å². The molecule has 4 aromatic rings. The molecule has 9 nitrogen and oxygen atoms in total. The highest BCUT2D eigenvalue weighted by atomic mass is 35.5. The molecule has 2 heterocycles. The number of rotatable bonds is 8. The van der Waals surface area contributed by atoms with Gasteiger partial charge in [-0.15, -0.1) is 0 Å². The molecule has 0 unspecified atom stereocenters. The zero-order valence-corrected chi connectivity index (χ0v) is 22.7. The number of amides is 1. The highest BCUT2D eigenvalue weighted by molar-refractivity contribution is 6.32. The molecule has 0 saturated heterocycles. The van der Waals surface area contributed by atoms with Gasteiger partial charge in [0.25, 0.3) is 5.91 Å². The van der Waals surface area contributed by atoms with Gasteiger partial charge in [0.15, 0.2) is 0 Å². The molecule has 200 valence electrons. The van der Waals surface area contributed by atoms with Gasteiger partial charge in [0.05, 0.1) is 30.5 Å². The van der Waals surface area contributed by atoms with Crippen LogP contribution in [-0.2, 0) is 11.4 Å². The van der Waals surface area contributed by atoms with Gasteiger partial charge in [-0.05, 0) is 37.1 Å². The fourth-order valence-electron chi connectivity index (χ4n) is 4.47. The quantitative estimate of drug-likeness (QED) is 0.290. The zero-order chi connectivity index (χ0) is 27.5. The van der Waals surface area contributed by atoms with Crippen molar-refractivity contribution in [2.75, 3.05) is 24.9 Å². The molecule has 0 radical (unpaired) electrons. The van der Waals surface area contributed by atoms with Crippen molar-refractivity contribution in [2.24, 2.45) is 0 Å². The Hall–Kier alpha value is -4.50. The summed E-state index contributed by atoms with van der Waals surface area (Å²) in [5, 5.41) is 10.9. The first-order valence-electron chi connectivity index (χ1n) is 12.3. The molecule has 1 atom stereocenters. The van der Waals surface area contributed by atoms with Crippen LogP contribution in [0.3, 0.4) is 0 Å². The molecule has 0 fully saturated rings. The Labute approximate surface area is 231 Å². The Balaban J connectivity index is 1.47. The summed E-state index contributed by atoms with van der Waals surface area (Å²) >= 11 is 6.25. The number of methoxy groups -OCH3 is 2. The van der Waals surface area contributed by atoms with Crippen molar-refractivity contribution >= 4 is 29.1 Å². The molecule has 0 bridgehead atoms. The number of carbonyl (C=O) groups excluding carboxylic acids is 1. The lowest BCUT2D eigenvalue weighted by atomic mass is 9.94. The summed E-state index contributed by atoms with van der Waals surface area (Å²) in [6, 6.07) is 18.5. The maximum Gasteiger partial charge on any atom is 0.255 e. The summed E-state index contributed by atoms with van der Waals surface area (Å²) in [4.78, 5) is 18.2. The van der Waals surface area contributed by atoms with E-state index in [-0.39, 0.29) is 5.91 Å². The largest absolute Gasteiger partial charge is 0.495 e. The van der Waals surface area contributed by atoms with Crippen LogP contribution in [0.25, 0.3) is 0 Å². The van der Waals surface area contributed by atoms with Crippen LogP contribution in [0.2, 0.25) is 5.02 Å². The lowest BCUT2D eigenvalue weighted by Crippen LogP contribution is -2.31. The number of carbonyl (C=O) groups is 1. The summed E-state index contributed by atoms with van der Waals surface area (Å²) in [6.45, 7) is 4.30. The van der Waals surface area contributed by atoms with Crippen molar-refractivity contribution in [3.05, 3.63) is 100.0 Å². The number of aryl methyl sites for hydroxylation is 1. The normalized spacial score (nSPS) is 14.3. The lowest BCUT2D eigenvalue weighted by Gasteiger charge is -2.29. The molecule has 3 aromatic carbocycles. The molecular weight excluding hydrogens is 518 g/mol. The van der Waals surface area contributed by atoms with Gasteiger partial charge in [-0.3, -0.25) is 4.79 Å². The number of fused-ring (bicyclic) bond motifs is 1. The molecule has 1 amide bonds. The van der Waals surface area contributed by atoms with Crippen LogP contribution in [0.4, 0.5) is 11.6 Å². The van der Waals surface area contributed by atoms with E-state index in [0.29, 0.717) is 51.8 Å². The van der Waals surface area contributed by atoms with Crippen LogP contribution in [0.15, 0.2) is 78.3 Å². The van der Waals surface area contributed by atoms with Crippen LogP contribution >= 0.6 is 11.6 Å². The summed E-state index contributed by atoms with van der Waals surface area (Å²) in [5.74, 6) is 1.68. The van der Waals surface area contributed by atoms with Gasteiger partial charge in [0.1, 0.15) is 36.2 Å². The molecule has 5 rings (SSSR count). The van der Waals surface area contributed by atoms with Crippen LogP contribution < -0.4 is 24.8 Å². The van der Waals surface area contributed by atoms with Gasteiger partial charge >= 0.3 is 0 Å². The van der Waals surface area contributed by atoms with Crippen molar-refractivity contribution in [3.63, 3.8) is 0 Å². The van der Waals surface area contributed by atoms with Gasteiger partial charge in [0.2, 0.25) is 5.95 Å². The van der Waals surface area contributed by atoms with Gasteiger partial charge < -0.3 is 24.8 Å². The van der Waals surface area contributed by atoms with Crippen LogP contribution in [-0.4, -0.2) is 34.9 Å². The van der Waals surface area contributed by atoms with Gasteiger partial charge in [-0.2, -0.15) is 10.1 Å². The Morgan fingerprint density at radius 1 is 1.05 bits per heavy atom. The first-order valence-corrected chi connectivity index (χ1v) is 12.6. The van der Waals surface area contributed by atoms with Crippen molar-refractivity contribution < 1.29 is 19.0 Å². The lowest BCUT2D eigenvalue weighted by molar-refractivity contribution is -0.113. The number of hydrogen-bond donors (Lipinski definition) is 2. The number of allylic oxidation sites excluding steroid dienone is 1. The van der Waals surface area contributed by atoms with E-state index in [9.17, 15) is 4.79 Å². The minimum atomic E-state index is -0.563. The minimum absolute atomic E-state index is 0.347. The first-order chi connectivity index (χ1) is 18.9. The number of anilines is 2. The number of nitrogens with one attached hydrogen (secondary N) is 2. The third-order valence-electron chi connectivity index (χ3n) is 6.46. The Morgan fingerprint density at radius 3 is 2.56 bits per heavy atom. The molecule has 1 aromatic heterocycles. The van der Waals surface area contributed by atoms with E-state index in [2.05, 4.69) is 32.8 Å². The average molecular weight is 546 g/mol. The molecule has 0 aliphatic carbocycles. The van der Waals surface area contributed by atoms with E-state index >= 15 is 0 Å². The van der Waals surface area contributed by atoms with E-state index < -0.39 is 6.04 Å². The molecule has 2 N–H and O–H groups in total. The van der Waals surface area contributed by atoms with Crippen molar-refractivity contribution in [2.45, 2.75) is 26.5 Å². The van der Waals surface area contributed by atoms with Gasteiger partial charge in [-0.25, -0.2) is 4.68 Å². The number of ether oxygens (including phenoxy) is 3. The first kappa shape index (κ1) is 26.1. The number of hydrogen-bond acceptors (Lipinski definition) is 7. The molecule has 1 aliphatic heterocycles. The summed E-state index contributed by atoms with van der Waals surface area (Å²) < 4.78 is 18.6. The number of halogens is 1. The maximum atomic E-state index is 13.8. The maximum absolute atomic E-state index is 13.8. The van der Waals surface area contributed by atoms with Crippen molar-refractivity contribution in [3.8, 4) is 17.2 Å². The average Bonchev–Trinajstić information content (AvgIpc) is 3.40. The Kier molecular flexibility index (Phi) is 7.42. The topological polar surface area (TPSA) is 99.5 Å². The molecule has 39 heavy (non-hydrogen) atoms. The molecule has 0 saturated carbocycles. The van der Waals surface area contributed by atoms with Gasteiger partial charge in [-0.1, -0.05) is 53.6 Å². The van der Waals surface area contributed by atoms with E-state index in [1.807, 2.05) is 50.2 Å². The predicted octanol–water partition coefficient (Wildman–Crippen LogP) is 5.76. The zero-order valence-electron chi connectivity index (χ0n) is 22.0. The summed E-state index contributed by atoms with van der Waals surface area (Å²) in [5.41, 5.74) is 4.59. The van der Waals surface area contributed by atoms with Crippen LogP contribution in [0, 0.1) is 6.92 Å². The number of benzene rings is 3. The molecular formula is C29H28ClN5O4. The second kappa shape index (κ2) is 11.1. The third-order valence-corrected chi connectivity index (χ3v) is 6.76. The molecule has 0 spiro atoms. The Morgan fingerprint density at radius 2 is 1.82 bits per heavy atom. The predicted molar refractivity (Wildman–Crippen MR) is 150 cm³/mol. The third kappa shape index (κ3) is 5.39. The second-order valence-corrected chi connectivity index (χ2v) is 9.49. The van der Waals surface area contributed by atoms with Gasteiger partial charge in [0, 0.05) is 17.8 Å². The standard InChI is InChI=1S/C29H28ClN5O4/c1-17-8-10-19(11-9-17)15-39-21-7-5-6-20(12-21)27-26(18(2)33-29-31-16-32-35(27)29)28(36)34-23-14-24(37-3)22(30)13-25(23)38-4/h5-14,16,27H,15H2,1-4H3,(H,34,36)(H,31,32,33)/t27-/m0/s1. The van der Waals surface area contributed by atoms with E-state index in [4.69, 9.17) is 25.8 Å². The number of nitrogens with zero attached hydrogens (tertiary/aromatic N) is 3. The molecule has 1 aliphatic rings. The number of aromatic nitrogens is 3. The van der Waals surface area contributed by atoms with Crippen LogP contribution in [0.5, 0.6) is 17.2 Å². The second-order valence-electron chi connectivity index (χ2n) is 9.08. The highest BCUT2D eigenvalue weighted by Gasteiger charge is 2.34. The van der Waals surface area contributed by atoms with Crippen molar-refractivity contribution in [1.82, 2.24) is 14.8 Å². The molecule has 10 heteroatoms. The Bertz CT molecular complexity index is 1550. The fourth-order valence-corrected chi connectivity index (χ4v) is 4.70. The minimum Gasteiger partial charge on any atom is -0.495 e. The van der Waals surface area contributed by atoms with E-state index in [0.717, 1.165) is 11.1 Å². The van der Waals surface area contributed by atoms with Crippen molar-refractivity contribution in [1.29, 1.82) is 0 Å². The smallest absolute Gasteiger partial charge is 0.255 e. The highest BCUT2D eigenvalue weighted by Crippen LogP contribution is 2.39.